The lowest BCUT2D eigenvalue weighted by molar-refractivity contribution is -0.135. The van der Waals surface area contributed by atoms with Gasteiger partial charge in [0, 0.05) is 22.4 Å². The highest BCUT2D eigenvalue weighted by Gasteiger charge is 2.31. The van der Waals surface area contributed by atoms with E-state index in [1.54, 1.807) is 17.4 Å². The van der Waals surface area contributed by atoms with Crippen molar-refractivity contribution in [3.05, 3.63) is 40.1 Å². The maximum atomic E-state index is 11.7. The molecule has 1 atom stereocenters. The summed E-state index contributed by atoms with van der Waals surface area (Å²) < 4.78 is 16.0. The quantitative estimate of drug-likeness (QED) is 0.592. The average molecular weight is 274 g/mol. The summed E-state index contributed by atoms with van der Waals surface area (Å²) in [4.78, 5) is 12.9. The lowest BCUT2D eigenvalue weighted by atomic mass is 9.91. The van der Waals surface area contributed by atoms with Crippen molar-refractivity contribution < 1.29 is 19.0 Å². The fourth-order valence-electron chi connectivity index (χ4n) is 2.48. The van der Waals surface area contributed by atoms with E-state index in [4.69, 9.17) is 14.2 Å². The number of ether oxygens (including phenoxy) is 3. The summed E-state index contributed by atoms with van der Waals surface area (Å²) in [5, 5.41) is 2.02. The molecule has 2 aromatic rings. The highest BCUT2D eigenvalue weighted by Crippen LogP contribution is 2.46. The molecule has 1 aromatic heterocycles. The third kappa shape index (κ3) is 1.69. The van der Waals surface area contributed by atoms with Crippen LogP contribution in [-0.4, -0.2) is 12.8 Å². The van der Waals surface area contributed by atoms with E-state index >= 15 is 0 Å². The Morgan fingerprint density at radius 2 is 2.00 bits per heavy atom. The van der Waals surface area contributed by atoms with Crippen molar-refractivity contribution in [1.82, 2.24) is 0 Å². The zero-order valence-corrected chi connectivity index (χ0v) is 10.7. The van der Waals surface area contributed by atoms with Crippen LogP contribution < -0.4 is 14.2 Å². The molecule has 4 rings (SSSR count). The van der Waals surface area contributed by atoms with Crippen LogP contribution in [0.5, 0.6) is 17.2 Å². The summed E-state index contributed by atoms with van der Waals surface area (Å²) in [6.45, 7) is 0.218. The molecule has 3 heterocycles. The first-order valence-electron chi connectivity index (χ1n) is 5.99. The van der Waals surface area contributed by atoms with Gasteiger partial charge in [-0.2, -0.15) is 0 Å². The second-order valence-corrected chi connectivity index (χ2v) is 5.47. The molecule has 0 amide bonds. The number of fused-ring (bicyclic) bond motifs is 2. The maximum Gasteiger partial charge on any atom is 0.312 e. The normalized spacial score (nSPS) is 20.0. The number of esters is 1. The Labute approximate surface area is 113 Å². The fraction of sp³-hybridized carbons (Fsp3) is 0.214. The van der Waals surface area contributed by atoms with Crippen LogP contribution in [0.1, 0.15) is 22.8 Å². The third-order valence-electron chi connectivity index (χ3n) is 3.36. The Bertz CT molecular complexity index is 648. The second kappa shape index (κ2) is 3.99. The monoisotopic (exact) mass is 274 g/mol. The van der Waals surface area contributed by atoms with Gasteiger partial charge in [-0.1, -0.05) is 6.07 Å². The van der Waals surface area contributed by atoms with E-state index in [9.17, 15) is 4.79 Å². The zero-order chi connectivity index (χ0) is 12.8. The van der Waals surface area contributed by atoms with Crippen LogP contribution in [-0.2, 0) is 4.79 Å². The molecule has 0 N–H and O–H groups in total. The molecule has 0 radical (unpaired) electrons. The molecule has 0 aliphatic carbocycles. The number of benzene rings is 1. The SMILES string of the molecule is O=C1C[C@@H](c2cccs2)c2cc3c(cc2O1)OCO3. The maximum absolute atomic E-state index is 11.7. The predicted octanol–water partition coefficient (Wildman–Crippen LogP) is 2.92. The van der Waals surface area contributed by atoms with Crippen LogP contribution in [0.25, 0.3) is 0 Å². The van der Waals surface area contributed by atoms with Gasteiger partial charge in [-0.25, -0.2) is 0 Å². The molecule has 2 aliphatic rings. The predicted molar refractivity (Wildman–Crippen MR) is 69.0 cm³/mol. The number of carbonyl (C=O) groups excluding carboxylic acids is 1. The Kier molecular flexibility index (Phi) is 2.29. The molecule has 0 spiro atoms. The van der Waals surface area contributed by atoms with Gasteiger partial charge in [0.05, 0.1) is 6.42 Å². The second-order valence-electron chi connectivity index (χ2n) is 4.49. The minimum atomic E-state index is -0.204. The number of rotatable bonds is 1. The standard InChI is InChI=1S/C14H10O4S/c15-14-5-9(13-2-1-3-19-13)8-4-11-12(17-7-16-11)6-10(8)18-14/h1-4,6,9H,5,7H2/t9-/m1/s1. The van der Waals surface area contributed by atoms with Crippen LogP contribution in [0.4, 0.5) is 0 Å². The molecular formula is C14H10O4S. The first-order valence-corrected chi connectivity index (χ1v) is 6.87. The van der Waals surface area contributed by atoms with E-state index in [0.29, 0.717) is 17.9 Å². The number of thiophene rings is 1. The van der Waals surface area contributed by atoms with Crippen molar-refractivity contribution in [3.8, 4) is 17.2 Å². The first kappa shape index (κ1) is 10.9. The van der Waals surface area contributed by atoms with Gasteiger partial charge < -0.3 is 14.2 Å². The summed E-state index contributed by atoms with van der Waals surface area (Å²) in [5.74, 6) is 1.78. The summed E-state index contributed by atoms with van der Waals surface area (Å²) in [6.07, 6.45) is 0.368. The summed E-state index contributed by atoms with van der Waals surface area (Å²) in [5.41, 5.74) is 0.992. The average Bonchev–Trinajstić information content (AvgIpc) is 3.06. The summed E-state index contributed by atoms with van der Waals surface area (Å²) >= 11 is 1.65. The Morgan fingerprint density at radius 3 is 2.79 bits per heavy atom. The Balaban J connectivity index is 1.87. The van der Waals surface area contributed by atoms with E-state index in [1.807, 2.05) is 23.6 Å². The molecule has 96 valence electrons. The van der Waals surface area contributed by atoms with Crippen molar-refractivity contribution in [2.24, 2.45) is 0 Å². The minimum Gasteiger partial charge on any atom is -0.454 e. The molecule has 0 fully saturated rings. The molecule has 0 saturated heterocycles. The molecule has 2 aliphatic heterocycles. The van der Waals surface area contributed by atoms with E-state index in [-0.39, 0.29) is 18.7 Å². The van der Waals surface area contributed by atoms with Crippen molar-refractivity contribution in [2.45, 2.75) is 12.3 Å². The molecule has 0 unspecified atom stereocenters. The number of hydrogen-bond acceptors (Lipinski definition) is 5. The minimum absolute atomic E-state index is 0.0470. The Morgan fingerprint density at radius 1 is 1.16 bits per heavy atom. The first-order chi connectivity index (χ1) is 9.31. The highest BCUT2D eigenvalue weighted by atomic mass is 32.1. The van der Waals surface area contributed by atoms with Gasteiger partial charge in [0.2, 0.25) is 6.79 Å². The molecule has 1 aromatic carbocycles. The van der Waals surface area contributed by atoms with E-state index in [2.05, 4.69) is 0 Å². The van der Waals surface area contributed by atoms with Crippen LogP contribution in [0.15, 0.2) is 29.6 Å². The van der Waals surface area contributed by atoms with Gasteiger partial charge in [0.25, 0.3) is 0 Å². The van der Waals surface area contributed by atoms with Gasteiger partial charge in [-0.05, 0) is 17.5 Å². The van der Waals surface area contributed by atoms with E-state index in [0.717, 1.165) is 16.2 Å². The summed E-state index contributed by atoms with van der Waals surface area (Å²) in [6, 6.07) is 7.71. The Hall–Kier alpha value is -2.01. The lowest BCUT2D eigenvalue weighted by Gasteiger charge is -2.23. The van der Waals surface area contributed by atoms with Gasteiger partial charge in [0.1, 0.15) is 5.75 Å². The number of carbonyl (C=O) groups is 1. The van der Waals surface area contributed by atoms with Gasteiger partial charge in [-0.15, -0.1) is 11.3 Å². The topological polar surface area (TPSA) is 44.8 Å². The van der Waals surface area contributed by atoms with Crippen molar-refractivity contribution >= 4 is 17.3 Å². The highest BCUT2D eigenvalue weighted by molar-refractivity contribution is 7.10. The molecule has 19 heavy (non-hydrogen) atoms. The van der Waals surface area contributed by atoms with E-state index in [1.165, 1.54) is 0 Å². The molecule has 5 heteroatoms. The van der Waals surface area contributed by atoms with Crippen LogP contribution >= 0.6 is 11.3 Å². The molecular weight excluding hydrogens is 264 g/mol. The molecule has 0 saturated carbocycles. The molecule has 0 bridgehead atoms. The van der Waals surface area contributed by atoms with Crippen molar-refractivity contribution in [1.29, 1.82) is 0 Å². The van der Waals surface area contributed by atoms with Gasteiger partial charge in [-0.3, -0.25) is 4.79 Å². The third-order valence-corrected chi connectivity index (χ3v) is 4.35. The van der Waals surface area contributed by atoms with Crippen LogP contribution in [0.3, 0.4) is 0 Å². The number of hydrogen-bond donors (Lipinski definition) is 0. The molecule has 4 nitrogen and oxygen atoms in total. The van der Waals surface area contributed by atoms with Crippen molar-refractivity contribution in [2.75, 3.05) is 6.79 Å². The zero-order valence-electron chi connectivity index (χ0n) is 9.92. The van der Waals surface area contributed by atoms with Gasteiger partial charge in [0.15, 0.2) is 11.5 Å². The van der Waals surface area contributed by atoms with Crippen LogP contribution in [0, 0.1) is 0 Å². The van der Waals surface area contributed by atoms with Crippen molar-refractivity contribution in [3.63, 3.8) is 0 Å². The van der Waals surface area contributed by atoms with Crippen LogP contribution in [0.2, 0.25) is 0 Å². The lowest BCUT2D eigenvalue weighted by Crippen LogP contribution is -2.20. The summed E-state index contributed by atoms with van der Waals surface area (Å²) in [7, 11) is 0. The smallest absolute Gasteiger partial charge is 0.312 e. The van der Waals surface area contributed by atoms with Gasteiger partial charge >= 0.3 is 5.97 Å². The van der Waals surface area contributed by atoms with E-state index < -0.39 is 0 Å². The largest absolute Gasteiger partial charge is 0.454 e. The fourth-order valence-corrected chi connectivity index (χ4v) is 3.33.